The van der Waals surface area contributed by atoms with Crippen LogP contribution in [0, 0.1) is 6.92 Å². The van der Waals surface area contributed by atoms with Gasteiger partial charge in [-0.3, -0.25) is 4.79 Å². The van der Waals surface area contributed by atoms with Gasteiger partial charge in [-0.05, 0) is 31.0 Å². The highest BCUT2D eigenvalue weighted by Crippen LogP contribution is 2.28. The average molecular weight is 482 g/mol. The van der Waals surface area contributed by atoms with Gasteiger partial charge in [-0.2, -0.15) is 0 Å². The molecule has 0 saturated carbocycles. The van der Waals surface area contributed by atoms with E-state index >= 15 is 0 Å². The van der Waals surface area contributed by atoms with Crippen LogP contribution in [0.3, 0.4) is 0 Å². The molecule has 0 fully saturated rings. The van der Waals surface area contributed by atoms with Gasteiger partial charge in [0.1, 0.15) is 18.7 Å². The molecule has 1 atom stereocenters. The molecule has 2 aromatic carbocycles. The van der Waals surface area contributed by atoms with Crippen LogP contribution in [0.1, 0.15) is 40.8 Å². The molecule has 0 aliphatic carbocycles. The molecule has 1 unspecified atom stereocenters. The average Bonchev–Trinajstić information content (AvgIpc) is 2.85. The van der Waals surface area contributed by atoms with Crippen LogP contribution < -0.4 is 10.1 Å². The van der Waals surface area contributed by atoms with E-state index in [1.165, 1.54) is 19.7 Å². The van der Waals surface area contributed by atoms with E-state index in [0.29, 0.717) is 17.2 Å². The number of oxime groups is 1. The van der Waals surface area contributed by atoms with Gasteiger partial charge in [-0.1, -0.05) is 70.9 Å². The Morgan fingerprint density at radius 3 is 2.56 bits per heavy atom. The molecule has 1 aromatic heterocycles. The Labute approximate surface area is 204 Å². The number of aryl methyl sites for hydroxylation is 1. The largest absolute Gasteiger partial charge is 0.472 e. The monoisotopic (exact) mass is 481 g/mol. The van der Waals surface area contributed by atoms with Crippen molar-refractivity contribution in [2.75, 3.05) is 14.2 Å². The highest BCUT2D eigenvalue weighted by Gasteiger charge is 2.18. The zero-order valence-electron chi connectivity index (χ0n) is 19.7. The van der Waals surface area contributed by atoms with Crippen molar-refractivity contribution >= 4 is 23.2 Å². The lowest BCUT2D eigenvalue weighted by Crippen LogP contribution is -2.29. The number of halogens is 1. The predicted octanol–water partition coefficient (Wildman–Crippen LogP) is 5.00. The maximum absolute atomic E-state index is 12.2. The summed E-state index contributed by atoms with van der Waals surface area (Å²) >= 11 is 6.45. The first-order valence-electron chi connectivity index (χ1n) is 10.8. The highest BCUT2D eigenvalue weighted by atomic mass is 35.5. The van der Waals surface area contributed by atoms with Crippen LogP contribution in [0.15, 0.2) is 65.9 Å². The lowest BCUT2D eigenvalue weighted by Gasteiger charge is -2.15. The van der Waals surface area contributed by atoms with Crippen molar-refractivity contribution in [3.8, 4) is 5.88 Å². The zero-order valence-corrected chi connectivity index (χ0v) is 20.4. The van der Waals surface area contributed by atoms with Gasteiger partial charge >= 0.3 is 0 Å². The molecule has 1 N–H and O–H groups in total. The summed E-state index contributed by atoms with van der Waals surface area (Å²) in [5.74, 6) is -0.0782. The van der Waals surface area contributed by atoms with Gasteiger partial charge in [0.2, 0.25) is 5.88 Å². The molecule has 8 heteroatoms. The first-order valence-corrected chi connectivity index (χ1v) is 11.2. The summed E-state index contributed by atoms with van der Waals surface area (Å²) in [6.07, 6.45) is 1.50. The van der Waals surface area contributed by atoms with Crippen molar-refractivity contribution < 1.29 is 19.1 Å². The van der Waals surface area contributed by atoms with Crippen molar-refractivity contribution in [2.24, 2.45) is 5.16 Å². The van der Waals surface area contributed by atoms with Crippen molar-refractivity contribution in [2.45, 2.75) is 33.2 Å². The number of hydrogen-bond donors (Lipinski definition) is 1. The van der Waals surface area contributed by atoms with Crippen LogP contribution in [-0.4, -0.2) is 30.8 Å². The normalized spacial score (nSPS) is 12.2. The van der Waals surface area contributed by atoms with Crippen molar-refractivity contribution in [3.05, 3.63) is 93.6 Å². The Hall–Kier alpha value is -3.42. The number of aromatic nitrogens is 1. The molecule has 0 radical (unpaired) electrons. The number of benzene rings is 2. The third-order valence-electron chi connectivity index (χ3n) is 5.18. The van der Waals surface area contributed by atoms with Gasteiger partial charge in [0, 0.05) is 24.4 Å². The molecular weight excluding hydrogens is 454 g/mol. The first-order chi connectivity index (χ1) is 16.4. The number of nitrogens with one attached hydrogen (secondary N) is 1. The number of nitrogens with zero attached hydrogens (tertiary/aromatic N) is 2. The molecule has 178 valence electrons. The van der Waals surface area contributed by atoms with E-state index in [-0.39, 0.29) is 30.2 Å². The fourth-order valence-corrected chi connectivity index (χ4v) is 3.45. The highest BCUT2D eigenvalue weighted by molar-refractivity contribution is 6.45. The summed E-state index contributed by atoms with van der Waals surface area (Å²) in [7, 11) is 2.92. The molecule has 34 heavy (non-hydrogen) atoms. The van der Waals surface area contributed by atoms with Gasteiger partial charge in [0.15, 0.2) is 5.71 Å². The quantitative estimate of drug-likeness (QED) is 0.325. The molecule has 0 saturated heterocycles. The SMILES string of the molecule is CNC(=O)/C(=N\OC)c1ccccc1COc1ncc(C(C)OCc2ccc(C)cc2)cc1Cl. The summed E-state index contributed by atoms with van der Waals surface area (Å²) in [4.78, 5) is 21.5. The summed E-state index contributed by atoms with van der Waals surface area (Å²) in [6, 6.07) is 17.3. The maximum atomic E-state index is 12.2. The summed E-state index contributed by atoms with van der Waals surface area (Å²) in [5.41, 5.74) is 4.63. The minimum atomic E-state index is -0.366. The molecule has 1 amide bonds. The Morgan fingerprint density at radius 2 is 1.88 bits per heavy atom. The smallest absolute Gasteiger partial charge is 0.273 e. The Morgan fingerprint density at radius 1 is 1.15 bits per heavy atom. The number of likely N-dealkylation sites (N-methyl/N-ethyl adjacent to an activating group) is 1. The molecule has 0 spiro atoms. The van der Waals surface area contributed by atoms with E-state index in [1.54, 1.807) is 18.3 Å². The number of amides is 1. The molecule has 3 aromatic rings. The number of carbonyl (C=O) groups is 1. The first kappa shape index (κ1) is 25.2. The lowest BCUT2D eigenvalue weighted by atomic mass is 10.0. The van der Waals surface area contributed by atoms with Gasteiger partial charge in [0.25, 0.3) is 5.91 Å². The summed E-state index contributed by atoms with van der Waals surface area (Å²) in [6.45, 7) is 4.64. The van der Waals surface area contributed by atoms with E-state index in [4.69, 9.17) is 25.9 Å². The lowest BCUT2D eigenvalue weighted by molar-refractivity contribution is -0.114. The zero-order chi connectivity index (χ0) is 24.5. The minimum Gasteiger partial charge on any atom is -0.472 e. The molecule has 0 aliphatic rings. The van der Waals surface area contributed by atoms with Crippen molar-refractivity contribution in [3.63, 3.8) is 0 Å². The molecular formula is C26H28ClN3O4. The second-order valence-corrected chi connectivity index (χ2v) is 8.05. The van der Waals surface area contributed by atoms with Crippen LogP contribution >= 0.6 is 11.6 Å². The van der Waals surface area contributed by atoms with Crippen LogP contribution in [0.4, 0.5) is 0 Å². The number of hydrogen-bond acceptors (Lipinski definition) is 6. The van der Waals surface area contributed by atoms with Gasteiger partial charge in [0.05, 0.1) is 12.7 Å². The van der Waals surface area contributed by atoms with Gasteiger partial charge < -0.3 is 19.6 Å². The number of ether oxygens (including phenoxy) is 2. The van der Waals surface area contributed by atoms with E-state index in [9.17, 15) is 4.79 Å². The summed E-state index contributed by atoms with van der Waals surface area (Å²) in [5, 5.41) is 6.80. The van der Waals surface area contributed by atoms with E-state index in [0.717, 1.165) is 16.7 Å². The molecule has 7 nitrogen and oxygen atoms in total. The fourth-order valence-electron chi connectivity index (χ4n) is 3.22. The number of carbonyl (C=O) groups excluding carboxylic acids is 1. The molecule has 0 bridgehead atoms. The fraction of sp³-hybridized carbons (Fsp3) is 0.269. The van der Waals surface area contributed by atoms with E-state index in [2.05, 4.69) is 46.6 Å². The van der Waals surface area contributed by atoms with Crippen LogP contribution in [0.5, 0.6) is 5.88 Å². The molecule has 1 heterocycles. The number of rotatable bonds is 10. The van der Waals surface area contributed by atoms with Crippen LogP contribution in [0.2, 0.25) is 5.02 Å². The second-order valence-electron chi connectivity index (χ2n) is 7.64. The molecule has 0 aliphatic heterocycles. The second kappa shape index (κ2) is 12.2. The molecule has 3 rings (SSSR count). The van der Waals surface area contributed by atoms with Crippen molar-refractivity contribution in [1.82, 2.24) is 10.3 Å². The maximum Gasteiger partial charge on any atom is 0.273 e. The van der Waals surface area contributed by atoms with E-state index < -0.39 is 0 Å². The Bertz CT molecular complexity index is 1150. The third kappa shape index (κ3) is 6.56. The Kier molecular flexibility index (Phi) is 9.01. The standard InChI is InChI=1S/C26H28ClN3O4/c1-17-9-11-19(12-10-17)15-33-18(2)21-13-23(27)26(29-14-21)34-16-20-7-5-6-8-22(20)24(30-32-4)25(31)28-3/h5-14,18H,15-16H2,1-4H3,(H,28,31)/b30-24-. The topological polar surface area (TPSA) is 82.0 Å². The van der Waals surface area contributed by atoms with E-state index in [1.807, 2.05) is 25.1 Å². The summed E-state index contributed by atoms with van der Waals surface area (Å²) < 4.78 is 11.8. The number of pyridine rings is 1. The van der Waals surface area contributed by atoms with Crippen molar-refractivity contribution in [1.29, 1.82) is 0 Å². The Balaban J connectivity index is 1.68. The van der Waals surface area contributed by atoms with Crippen LogP contribution in [-0.2, 0) is 27.6 Å². The minimum absolute atomic E-state index is 0.140. The predicted molar refractivity (Wildman–Crippen MR) is 132 cm³/mol. The third-order valence-corrected chi connectivity index (χ3v) is 5.45. The van der Waals surface area contributed by atoms with Gasteiger partial charge in [-0.15, -0.1) is 0 Å². The van der Waals surface area contributed by atoms with Gasteiger partial charge in [-0.25, -0.2) is 4.98 Å². The van der Waals surface area contributed by atoms with Crippen LogP contribution in [0.25, 0.3) is 0 Å².